The van der Waals surface area contributed by atoms with Crippen LogP contribution in [0.15, 0.2) is 48.5 Å². The van der Waals surface area contributed by atoms with E-state index in [4.69, 9.17) is 40.5 Å². The van der Waals surface area contributed by atoms with Gasteiger partial charge in [0.2, 0.25) is 5.91 Å². The standard InChI is InChI=1S/C30H33Cl3N4O3/c31-20-4-7-22(8-5-20)37-26(10-17-38)24(19-27(37)23-9-6-21(32)18-25(23)33)28(39)35-15-11-30(12-16-35,29(34)40)36-13-2-1-3-14-36/h4-9,18-19,38H,1-3,10-17H2,(H2,34,40). The van der Waals surface area contributed by atoms with Gasteiger partial charge in [-0.15, -0.1) is 0 Å². The van der Waals surface area contributed by atoms with Crippen molar-refractivity contribution in [1.82, 2.24) is 14.4 Å². The van der Waals surface area contributed by atoms with Crippen molar-refractivity contribution in [3.63, 3.8) is 0 Å². The molecule has 3 heterocycles. The normalized spacial score (nSPS) is 17.6. The summed E-state index contributed by atoms with van der Waals surface area (Å²) in [5.74, 6) is -0.463. The summed E-state index contributed by atoms with van der Waals surface area (Å²) in [4.78, 5) is 30.8. The van der Waals surface area contributed by atoms with Crippen LogP contribution in [-0.2, 0) is 11.2 Å². The molecule has 40 heavy (non-hydrogen) atoms. The van der Waals surface area contributed by atoms with Crippen LogP contribution in [0.5, 0.6) is 0 Å². The molecule has 3 aromatic rings. The van der Waals surface area contributed by atoms with E-state index in [0.717, 1.165) is 38.0 Å². The van der Waals surface area contributed by atoms with Crippen LogP contribution in [0.2, 0.25) is 15.1 Å². The van der Waals surface area contributed by atoms with Crippen LogP contribution < -0.4 is 5.73 Å². The van der Waals surface area contributed by atoms with Crippen molar-refractivity contribution in [2.45, 2.75) is 44.1 Å². The SMILES string of the molecule is NC(=O)C1(N2CCCCC2)CCN(C(=O)c2cc(-c3ccc(Cl)cc3Cl)n(-c3ccc(Cl)cc3)c2CCO)CC1. The van der Waals surface area contributed by atoms with E-state index in [2.05, 4.69) is 4.90 Å². The molecule has 2 amide bonds. The van der Waals surface area contributed by atoms with Gasteiger partial charge in [0.05, 0.1) is 16.3 Å². The van der Waals surface area contributed by atoms with Gasteiger partial charge in [-0.2, -0.15) is 0 Å². The lowest BCUT2D eigenvalue weighted by molar-refractivity contribution is -0.134. The van der Waals surface area contributed by atoms with Crippen molar-refractivity contribution in [1.29, 1.82) is 0 Å². The zero-order chi connectivity index (χ0) is 28.4. The number of aromatic nitrogens is 1. The lowest BCUT2D eigenvalue weighted by atomic mass is 9.83. The molecule has 2 aliphatic heterocycles. The lowest BCUT2D eigenvalue weighted by Crippen LogP contribution is -2.63. The summed E-state index contributed by atoms with van der Waals surface area (Å²) < 4.78 is 1.94. The number of rotatable bonds is 7. The van der Waals surface area contributed by atoms with E-state index in [0.29, 0.717) is 63.5 Å². The lowest BCUT2D eigenvalue weighted by Gasteiger charge is -2.48. The molecule has 2 fully saturated rings. The molecule has 1 aromatic heterocycles. The van der Waals surface area contributed by atoms with Crippen molar-refractivity contribution in [3.8, 4) is 16.9 Å². The number of hydrogen-bond acceptors (Lipinski definition) is 4. The van der Waals surface area contributed by atoms with E-state index < -0.39 is 5.54 Å². The topological polar surface area (TPSA) is 91.8 Å². The quantitative estimate of drug-likeness (QED) is 0.369. The molecular weight excluding hydrogens is 571 g/mol. The number of carbonyl (C=O) groups is 2. The van der Waals surface area contributed by atoms with E-state index >= 15 is 0 Å². The summed E-state index contributed by atoms with van der Waals surface area (Å²) in [6.45, 7) is 2.39. The van der Waals surface area contributed by atoms with E-state index in [-0.39, 0.29) is 24.8 Å². The number of benzene rings is 2. The molecule has 0 bridgehead atoms. The average Bonchev–Trinajstić information content (AvgIpc) is 3.32. The highest BCUT2D eigenvalue weighted by molar-refractivity contribution is 6.36. The molecule has 0 radical (unpaired) electrons. The molecule has 2 aliphatic rings. The second kappa shape index (κ2) is 12.1. The van der Waals surface area contributed by atoms with Crippen molar-refractivity contribution >= 4 is 46.6 Å². The predicted octanol–water partition coefficient (Wildman–Crippen LogP) is 5.59. The zero-order valence-corrected chi connectivity index (χ0v) is 24.5. The molecule has 0 unspecified atom stereocenters. The first-order valence-electron chi connectivity index (χ1n) is 13.7. The Morgan fingerprint density at radius 1 is 0.875 bits per heavy atom. The number of carbonyl (C=O) groups excluding carboxylic acids is 2. The highest BCUT2D eigenvalue weighted by Gasteiger charge is 2.46. The molecule has 7 nitrogen and oxygen atoms in total. The third kappa shape index (κ3) is 5.50. The number of hydrogen-bond donors (Lipinski definition) is 2. The number of nitrogens with two attached hydrogens (primary N) is 1. The number of piperidine rings is 2. The first kappa shape index (κ1) is 29.0. The van der Waals surface area contributed by atoms with Crippen LogP contribution in [0.3, 0.4) is 0 Å². The van der Waals surface area contributed by atoms with Gasteiger partial charge in [0, 0.05) is 53.1 Å². The molecule has 0 spiro atoms. The number of nitrogens with zero attached hydrogens (tertiary/aromatic N) is 3. The smallest absolute Gasteiger partial charge is 0.255 e. The number of likely N-dealkylation sites (tertiary alicyclic amines) is 2. The van der Waals surface area contributed by atoms with Gasteiger partial charge in [-0.05, 0) is 87.3 Å². The largest absolute Gasteiger partial charge is 0.396 e. The molecule has 3 N–H and O–H groups in total. The van der Waals surface area contributed by atoms with E-state index in [1.54, 1.807) is 29.2 Å². The Morgan fingerprint density at radius 3 is 2.12 bits per heavy atom. The minimum atomic E-state index is -0.720. The molecule has 10 heteroatoms. The van der Waals surface area contributed by atoms with Gasteiger partial charge in [-0.3, -0.25) is 14.5 Å². The van der Waals surface area contributed by atoms with Gasteiger partial charge in [-0.25, -0.2) is 0 Å². The van der Waals surface area contributed by atoms with Crippen LogP contribution >= 0.6 is 34.8 Å². The summed E-state index contributed by atoms with van der Waals surface area (Å²) in [6, 6.07) is 14.4. The van der Waals surface area contributed by atoms with Crippen molar-refractivity contribution in [3.05, 3.63) is 74.9 Å². The number of aliphatic hydroxyl groups excluding tert-OH is 1. The molecule has 0 saturated carbocycles. The number of primary amides is 1. The highest BCUT2D eigenvalue weighted by Crippen LogP contribution is 2.38. The Bertz CT molecular complexity index is 1390. The minimum Gasteiger partial charge on any atom is -0.396 e. The first-order chi connectivity index (χ1) is 19.2. The third-order valence-electron chi connectivity index (χ3n) is 8.27. The van der Waals surface area contributed by atoms with Gasteiger partial charge in [0.15, 0.2) is 0 Å². The fourth-order valence-electron chi connectivity index (χ4n) is 6.16. The monoisotopic (exact) mass is 602 g/mol. The first-order valence-corrected chi connectivity index (χ1v) is 14.8. The molecule has 212 valence electrons. The summed E-state index contributed by atoms with van der Waals surface area (Å²) in [7, 11) is 0. The van der Waals surface area contributed by atoms with Crippen LogP contribution in [0.1, 0.15) is 48.2 Å². The number of amides is 2. The van der Waals surface area contributed by atoms with Gasteiger partial charge >= 0.3 is 0 Å². The average molecular weight is 604 g/mol. The zero-order valence-electron chi connectivity index (χ0n) is 22.2. The second-order valence-electron chi connectivity index (χ2n) is 10.5. The maximum absolute atomic E-state index is 14.1. The highest BCUT2D eigenvalue weighted by atomic mass is 35.5. The van der Waals surface area contributed by atoms with Gasteiger partial charge in [-0.1, -0.05) is 41.2 Å². The maximum atomic E-state index is 14.1. The van der Waals surface area contributed by atoms with Crippen LogP contribution in [0.4, 0.5) is 0 Å². The Labute approximate surface area is 249 Å². The van der Waals surface area contributed by atoms with Crippen LogP contribution in [0.25, 0.3) is 16.9 Å². The molecule has 0 aliphatic carbocycles. The molecule has 2 aromatic carbocycles. The molecule has 2 saturated heterocycles. The van der Waals surface area contributed by atoms with Gasteiger partial charge < -0.3 is 20.3 Å². The number of halogens is 3. The summed E-state index contributed by atoms with van der Waals surface area (Å²) in [6.07, 6.45) is 4.51. The number of aliphatic hydroxyl groups is 1. The van der Waals surface area contributed by atoms with Crippen LogP contribution in [0, 0.1) is 0 Å². The summed E-state index contributed by atoms with van der Waals surface area (Å²) in [5.41, 5.74) is 8.58. The third-order valence-corrected chi connectivity index (χ3v) is 9.07. The second-order valence-corrected chi connectivity index (χ2v) is 11.8. The fraction of sp³-hybridized carbons (Fsp3) is 0.400. The van der Waals surface area contributed by atoms with E-state index in [9.17, 15) is 14.7 Å². The Kier molecular flexibility index (Phi) is 8.78. The minimum absolute atomic E-state index is 0.147. The van der Waals surface area contributed by atoms with Crippen molar-refractivity contribution in [2.24, 2.45) is 5.73 Å². The van der Waals surface area contributed by atoms with Gasteiger partial charge in [0.25, 0.3) is 5.91 Å². The van der Waals surface area contributed by atoms with Gasteiger partial charge in [0.1, 0.15) is 5.54 Å². The Hall–Kier alpha value is -2.55. The van der Waals surface area contributed by atoms with E-state index in [1.165, 1.54) is 0 Å². The summed E-state index contributed by atoms with van der Waals surface area (Å²) in [5, 5.41) is 11.6. The maximum Gasteiger partial charge on any atom is 0.255 e. The van der Waals surface area contributed by atoms with Crippen molar-refractivity contribution in [2.75, 3.05) is 32.8 Å². The van der Waals surface area contributed by atoms with Crippen LogP contribution in [-0.4, -0.2) is 69.6 Å². The van der Waals surface area contributed by atoms with Crippen molar-refractivity contribution < 1.29 is 14.7 Å². The predicted molar refractivity (Wildman–Crippen MR) is 160 cm³/mol. The Morgan fingerprint density at radius 2 is 1.52 bits per heavy atom. The Balaban J connectivity index is 1.54. The molecule has 5 rings (SSSR count). The fourth-order valence-corrected chi connectivity index (χ4v) is 6.79. The van der Waals surface area contributed by atoms with E-state index in [1.807, 2.05) is 28.8 Å². The molecule has 0 atom stereocenters. The summed E-state index contributed by atoms with van der Waals surface area (Å²) >= 11 is 19.0. The molecular formula is C30H33Cl3N4O3.